The van der Waals surface area contributed by atoms with Gasteiger partial charge in [-0.05, 0) is 53.4 Å². The molecule has 3 nitrogen and oxygen atoms in total. The number of benzene rings is 2. The van der Waals surface area contributed by atoms with Crippen LogP contribution in [0.15, 0.2) is 36.4 Å². The van der Waals surface area contributed by atoms with Crippen molar-refractivity contribution in [1.29, 1.82) is 0 Å². The van der Waals surface area contributed by atoms with Crippen molar-refractivity contribution in [3.05, 3.63) is 63.1 Å². The van der Waals surface area contributed by atoms with Gasteiger partial charge in [0, 0.05) is 23.5 Å². The normalized spacial score (nSPS) is 16.9. The van der Waals surface area contributed by atoms with Gasteiger partial charge in [0.1, 0.15) is 5.75 Å². The number of fused-ring (bicyclic) bond motifs is 1. The van der Waals surface area contributed by atoms with Gasteiger partial charge in [0.15, 0.2) is 0 Å². The number of rotatable bonds is 2. The van der Waals surface area contributed by atoms with Crippen LogP contribution < -0.4 is 4.74 Å². The van der Waals surface area contributed by atoms with E-state index >= 15 is 0 Å². The Bertz CT molecular complexity index is 740. The van der Waals surface area contributed by atoms with E-state index in [2.05, 4.69) is 0 Å². The topological polar surface area (TPSA) is 29.5 Å². The zero-order chi connectivity index (χ0) is 16.6. The predicted molar refractivity (Wildman–Crippen MR) is 92.4 cm³/mol. The van der Waals surface area contributed by atoms with Crippen LogP contribution in [0.2, 0.25) is 10.0 Å². The van der Waals surface area contributed by atoms with Gasteiger partial charge >= 0.3 is 0 Å². The smallest absolute Gasteiger partial charge is 0.220 e. The highest BCUT2D eigenvalue weighted by Gasteiger charge is 2.31. The van der Waals surface area contributed by atoms with Gasteiger partial charge in [-0.2, -0.15) is 0 Å². The van der Waals surface area contributed by atoms with E-state index in [0.717, 1.165) is 23.3 Å². The Labute approximate surface area is 145 Å². The number of carbonyl (C=O) groups is 1. The SMILES string of the molecule is COc1ccc2c(c1)CCN(C(C)=O)C2c1cc(Cl)cc(Cl)c1. The molecule has 2 aromatic carbocycles. The lowest BCUT2D eigenvalue weighted by Gasteiger charge is -2.37. The van der Waals surface area contributed by atoms with Gasteiger partial charge in [-0.3, -0.25) is 4.79 Å². The van der Waals surface area contributed by atoms with Crippen molar-refractivity contribution >= 4 is 29.1 Å². The van der Waals surface area contributed by atoms with E-state index < -0.39 is 0 Å². The van der Waals surface area contributed by atoms with Gasteiger partial charge in [0.2, 0.25) is 5.91 Å². The Balaban J connectivity index is 2.15. The monoisotopic (exact) mass is 349 g/mol. The van der Waals surface area contributed by atoms with Crippen molar-refractivity contribution in [3.8, 4) is 5.75 Å². The second-order valence-electron chi connectivity index (χ2n) is 5.63. The summed E-state index contributed by atoms with van der Waals surface area (Å²) in [6.07, 6.45) is 0.802. The third-order valence-corrected chi connectivity index (χ3v) is 4.62. The molecule has 0 radical (unpaired) electrons. The summed E-state index contributed by atoms with van der Waals surface area (Å²) < 4.78 is 5.31. The standard InChI is InChI=1S/C18H17Cl2NO2/c1-11(22)21-6-5-12-9-16(23-2)3-4-17(12)18(21)13-7-14(19)10-15(20)8-13/h3-4,7-10,18H,5-6H2,1-2H3. The fraction of sp³-hybridized carbons (Fsp3) is 0.278. The molecule has 1 aliphatic heterocycles. The number of halogens is 2. The summed E-state index contributed by atoms with van der Waals surface area (Å²) in [4.78, 5) is 14.0. The van der Waals surface area contributed by atoms with Crippen molar-refractivity contribution in [2.24, 2.45) is 0 Å². The summed E-state index contributed by atoms with van der Waals surface area (Å²) in [5.41, 5.74) is 3.19. The van der Waals surface area contributed by atoms with Crippen LogP contribution in [-0.4, -0.2) is 24.5 Å². The Morgan fingerprint density at radius 1 is 1.17 bits per heavy atom. The summed E-state index contributed by atoms with van der Waals surface area (Å²) in [5.74, 6) is 0.857. The minimum atomic E-state index is -0.182. The number of nitrogens with zero attached hydrogens (tertiary/aromatic N) is 1. The Morgan fingerprint density at radius 2 is 1.87 bits per heavy atom. The number of methoxy groups -OCH3 is 1. The molecule has 0 fully saturated rings. The molecule has 0 N–H and O–H groups in total. The lowest BCUT2D eigenvalue weighted by atomic mass is 9.88. The minimum absolute atomic E-state index is 0.0348. The van der Waals surface area contributed by atoms with Crippen LogP contribution in [0.5, 0.6) is 5.75 Å². The van der Waals surface area contributed by atoms with Crippen LogP contribution >= 0.6 is 23.2 Å². The number of carbonyl (C=O) groups excluding carboxylic acids is 1. The first-order valence-electron chi connectivity index (χ1n) is 7.39. The van der Waals surface area contributed by atoms with Crippen LogP contribution in [0.1, 0.15) is 29.7 Å². The summed E-state index contributed by atoms with van der Waals surface area (Å²) >= 11 is 12.3. The molecule has 2 aromatic rings. The van der Waals surface area contributed by atoms with E-state index in [9.17, 15) is 4.79 Å². The Kier molecular flexibility index (Phi) is 4.51. The molecular weight excluding hydrogens is 333 g/mol. The highest BCUT2D eigenvalue weighted by atomic mass is 35.5. The molecule has 0 aromatic heterocycles. The maximum Gasteiger partial charge on any atom is 0.220 e. The van der Waals surface area contributed by atoms with Gasteiger partial charge in [0.05, 0.1) is 13.2 Å². The van der Waals surface area contributed by atoms with Crippen molar-refractivity contribution in [1.82, 2.24) is 4.90 Å². The quantitative estimate of drug-likeness (QED) is 0.798. The second-order valence-corrected chi connectivity index (χ2v) is 6.51. The van der Waals surface area contributed by atoms with Crippen molar-refractivity contribution in [2.45, 2.75) is 19.4 Å². The maximum absolute atomic E-state index is 12.1. The van der Waals surface area contributed by atoms with Crippen LogP contribution in [0, 0.1) is 0 Å². The number of hydrogen-bond acceptors (Lipinski definition) is 2. The Hall–Kier alpha value is -1.71. The van der Waals surface area contributed by atoms with E-state index in [4.69, 9.17) is 27.9 Å². The molecule has 0 saturated carbocycles. The first kappa shape index (κ1) is 16.2. The van der Waals surface area contributed by atoms with Crippen molar-refractivity contribution < 1.29 is 9.53 Å². The molecule has 0 bridgehead atoms. The largest absolute Gasteiger partial charge is 0.497 e. The summed E-state index contributed by atoms with van der Waals surface area (Å²) in [5, 5.41) is 1.13. The first-order chi connectivity index (χ1) is 11.0. The lowest BCUT2D eigenvalue weighted by molar-refractivity contribution is -0.130. The van der Waals surface area contributed by atoms with Gasteiger partial charge < -0.3 is 9.64 Å². The van der Waals surface area contributed by atoms with Gasteiger partial charge in [-0.15, -0.1) is 0 Å². The molecular formula is C18H17Cl2NO2. The zero-order valence-corrected chi connectivity index (χ0v) is 14.5. The maximum atomic E-state index is 12.1. The molecule has 0 spiro atoms. The predicted octanol–water partition coefficient (Wildman–Crippen LogP) is 4.50. The van der Waals surface area contributed by atoms with Gasteiger partial charge in [-0.25, -0.2) is 0 Å². The molecule has 1 heterocycles. The zero-order valence-electron chi connectivity index (χ0n) is 13.0. The number of ether oxygens (including phenoxy) is 1. The van der Waals surface area contributed by atoms with Crippen molar-refractivity contribution in [3.63, 3.8) is 0 Å². The third kappa shape index (κ3) is 3.17. The Morgan fingerprint density at radius 3 is 2.48 bits per heavy atom. The summed E-state index contributed by atoms with van der Waals surface area (Å²) in [6, 6.07) is 11.2. The molecule has 1 amide bonds. The highest BCUT2D eigenvalue weighted by Crippen LogP contribution is 2.38. The van der Waals surface area contributed by atoms with E-state index in [1.807, 2.05) is 35.2 Å². The van der Waals surface area contributed by atoms with Crippen molar-refractivity contribution in [2.75, 3.05) is 13.7 Å². The average Bonchev–Trinajstić information content (AvgIpc) is 2.52. The fourth-order valence-electron chi connectivity index (χ4n) is 3.16. The molecule has 0 aliphatic carbocycles. The van der Waals surface area contributed by atoms with Gasteiger partial charge in [0.25, 0.3) is 0 Å². The molecule has 3 rings (SSSR count). The van der Waals surface area contributed by atoms with Crippen LogP contribution in [0.3, 0.4) is 0 Å². The fourth-order valence-corrected chi connectivity index (χ4v) is 3.70. The molecule has 1 aliphatic rings. The summed E-state index contributed by atoms with van der Waals surface area (Å²) in [7, 11) is 1.65. The number of amides is 1. The van der Waals surface area contributed by atoms with Gasteiger partial charge in [-0.1, -0.05) is 29.3 Å². The molecule has 1 unspecified atom stereocenters. The van der Waals surface area contributed by atoms with Crippen LogP contribution in [0.25, 0.3) is 0 Å². The number of hydrogen-bond donors (Lipinski definition) is 0. The van der Waals surface area contributed by atoms with E-state index in [-0.39, 0.29) is 11.9 Å². The lowest BCUT2D eigenvalue weighted by Crippen LogP contribution is -2.39. The molecule has 0 saturated heterocycles. The third-order valence-electron chi connectivity index (χ3n) is 4.18. The first-order valence-corrected chi connectivity index (χ1v) is 8.15. The highest BCUT2D eigenvalue weighted by molar-refractivity contribution is 6.34. The molecule has 5 heteroatoms. The van der Waals surface area contributed by atoms with E-state index in [1.165, 1.54) is 5.56 Å². The van der Waals surface area contributed by atoms with E-state index in [1.54, 1.807) is 20.1 Å². The minimum Gasteiger partial charge on any atom is -0.497 e. The molecule has 1 atom stereocenters. The second kappa shape index (κ2) is 6.42. The molecule has 23 heavy (non-hydrogen) atoms. The molecule has 120 valence electrons. The average molecular weight is 350 g/mol. The van der Waals surface area contributed by atoms with Crippen LogP contribution in [0.4, 0.5) is 0 Å². The summed E-state index contributed by atoms with van der Waals surface area (Å²) in [6.45, 7) is 2.25. The van der Waals surface area contributed by atoms with E-state index in [0.29, 0.717) is 16.6 Å². The van der Waals surface area contributed by atoms with Crippen LogP contribution in [-0.2, 0) is 11.2 Å².